The summed E-state index contributed by atoms with van der Waals surface area (Å²) in [5.74, 6) is 0. The SMILES string of the molecule is CNCCN(C)S(=O)(=O)N(C)C1CCCCC1. The summed E-state index contributed by atoms with van der Waals surface area (Å²) in [6, 6.07) is 0.186. The smallest absolute Gasteiger partial charge is 0.281 e. The molecule has 1 fully saturated rings. The van der Waals surface area contributed by atoms with Crippen LogP contribution in [0.25, 0.3) is 0 Å². The van der Waals surface area contributed by atoms with Gasteiger partial charge in [0.25, 0.3) is 10.2 Å². The van der Waals surface area contributed by atoms with Gasteiger partial charge in [0.05, 0.1) is 0 Å². The van der Waals surface area contributed by atoms with Crippen LogP contribution in [0.3, 0.4) is 0 Å². The topological polar surface area (TPSA) is 52.7 Å². The molecule has 0 unspecified atom stereocenters. The standard InChI is InChI=1S/C11H25N3O2S/c1-12-9-10-13(2)17(15,16)14(3)11-7-5-4-6-8-11/h11-12H,4-10H2,1-3H3. The summed E-state index contributed by atoms with van der Waals surface area (Å²) in [6.07, 6.45) is 5.51. The Kier molecular flexibility index (Phi) is 5.85. The monoisotopic (exact) mass is 263 g/mol. The molecular formula is C11H25N3O2S. The van der Waals surface area contributed by atoms with Crippen LogP contribution in [0, 0.1) is 0 Å². The van der Waals surface area contributed by atoms with Crippen molar-refractivity contribution in [2.45, 2.75) is 38.1 Å². The summed E-state index contributed by atoms with van der Waals surface area (Å²) in [6.45, 7) is 1.18. The summed E-state index contributed by atoms with van der Waals surface area (Å²) in [7, 11) is 1.89. The number of nitrogens with one attached hydrogen (secondary N) is 1. The Morgan fingerprint density at radius 2 is 1.76 bits per heavy atom. The van der Waals surface area contributed by atoms with E-state index in [1.54, 1.807) is 18.4 Å². The Balaban J connectivity index is 2.61. The van der Waals surface area contributed by atoms with E-state index in [0.717, 1.165) is 25.7 Å². The summed E-state index contributed by atoms with van der Waals surface area (Å²) in [5.41, 5.74) is 0. The number of rotatable bonds is 6. The fraction of sp³-hybridized carbons (Fsp3) is 1.00. The summed E-state index contributed by atoms with van der Waals surface area (Å²) < 4.78 is 27.5. The van der Waals surface area contributed by atoms with Gasteiger partial charge in [-0.2, -0.15) is 17.0 Å². The van der Waals surface area contributed by atoms with Crippen molar-refractivity contribution in [2.24, 2.45) is 0 Å². The number of hydrogen-bond acceptors (Lipinski definition) is 3. The molecule has 0 aromatic heterocycles. The van der Waals surface area contributed by atoms with Crippen molar-refractivity contribution in [2.75, 3.05) is 34.2 Å². The molecule has 0 aromatic carbocycles. The van der Waals surface area contributed by atoms with E-state index in [-0.39, 0.29) is 6.04 Å². The van der Waals surface area contributed by atoms with E-state index in [4.69, 9.17) is 0 Å². The van der Waals surface area contributed by atoms with Crippen molar-refractivity contribution in [3.8, 4) is 0 Å². The van der Waals surface area contributed by atoms with Crippen molar-refractivity contribution in [3.63, 3.8) is 0 Å². The number of likely N-dealkylation sites (N-methyl/N-ethyl adjacent to an activating group) is 2. The van der Waals surface area contributed by atoms with Gasteiger partial charge in [-0.3, -0.25) is 0 Å². The fourth-order valence-electron chi connectivity index (χ4n) is 2.24. The normalized spacial score (nSPS) is 19.1. The predicted molar refractivity (Wildman–Crippen MR) is 70.1 cm³/mol. The van der Waals surface area contributed by atoms with E-state index in [2.05, 4.69) is 5.32 Å². The molecular weight excluding hydrogens is 238 g/mol. The highest BCUT2D eigenvalue weighted by Crippen LogP contribution is 2.24. The Labute approximate surface area is 105 Å². The second-order valence-electron chi connectivity index (χ2n) is 4.74. The van der Waals surface area contributed by atoms with Crippen LogP contribution in [0.2, 0.25) is 0 Å². The van der Waals surface area contributed by atoms with Gasteiger partial charge >= 0.3 is 0 Å². The molecule has 0 heterocycles. The van der Waals surface area contributed by atoms with E-state index in [1.165, 1.54) is 10.7 Å². The molecule has 0 aromatic rings. The quantitative estimate of drug-likeness (QED) is 0.765. The van der Waals surface area contributed by atoms with Gasteiger partial charge < -0.3 is 5.32 Å². The van der Waals surface area contributed by atoms with Crippen LogP contribution in [0.4, 0.5) is 0 Å². The average Bonchev–Trinajstić information content (AvgIpc) is 2.35. The third-order valence-electron chi connectivity index (χ3n) is 3.52. The van der Waals surface area contributed by atoms with Crippen LogP contribution < -0.4 is 5.32 Å². The zero-order valence-corrected chi connectivity index (χ0v) is 12.0. The lowest BCUT2D eigenvalue weighted by atomic mass is 9.96. The number of nitrogens with zero attached hydrogens (tertiary/aromatic N) is 2. The maximum atomic E-state index is 12.3. The summed E-state index contributed by atoms with van der Waals surface area (Å²) in [4.78, 5) is 0. The van der Waals surface area contributed by atoms with Gasteiger partial charge in [-0.05, 0) is 19.9 Å². The lowest BCUT2D eigenvalue weighted by Gasteiger charge is -2.33. The molecule has 1 aliphatic carbocycles. The molecule has 5 nitrogen and oxygen atoms in total. The first-order chi connectivity index (χ1) is 8.00. The maximum Gasteiger partial charge on any atom is 0.281 e. The second kappa shape index (κ2) is 6.68. The van der Waals surface area contributed by atoms with Crippen molar-refractivity contribution in [1.82, 2.24) is 13.9 Å². The molecule has 0 bridgehead atoms. The molecule has 0 amide bonds. The lowest BCUT2D eigenvalue weighted by molar-refractivity contribution is 0.269. The molecule has 0 radical (unpaired) electrons. The van der Waals surface area contributed by atoms with Crippen LogP contribution in [0.1, 0.15) is 32.1 Å². The van der Waals surface area contributed by atoms with E-state index < -0.39 is 10.2 Å². The lowest BCUT2D eigenvalue weighted by Crippen LogP contribution is -2.47. The van der Waals surface area contributed by atoms with Gasteiger partial charge in [0.1, 0.15) is 0 Å². The molecule has 0 aliphatic heterocycles. The molecule has 6 heteroatoms. The highest BCUT2D eigenvalue weighted by Gasteiger charge is 2.30. The third kappa shape index (κ3) is 3.91. The fourth-order valence-corrected chi connectivity index (χ4v) is 3.59. The molecule has 102 valence electrons. The zero-order valence-electron chi connectivity index (χ0n) is 11.1. The highest BCUT2D eigenvalue weighted by atomic mass is 32.2. The van der Waals surface area contributed by atoms with Gasteiger partial charge in [-0.1, -0.05) is 19.3 Å². The molecule has 1 aliphatic rings. The third-order valence-corrected chi connectivity index (χ3v) is 5.52. The minimum Gasteiger partial charge on any atom is -0.318 e. The van der Waals surface area contributed by atoms with Crippen LogP contribution in [-0.2, 0) is 10.2 Å². The maximum absolute atomic E-state index is 12.3. The van der Waals surface area contributed by atoms with Crippen LogP contribution in [-0.4, -0.2) is 57.3 Å². The van der Waals surface area contributed by atoms with Gasteiger partial charge in [-0.25, -0.2) is 0 Å². The van der Waals surface area contributed by atoms with E-state index in [0.29, 0.717) is 13.1 Å². The first-order valence-corrected chi connectivity index (χ1v) is 7.73. The zero-order chi connectivity index (χ0) is 12.9. The minimum atomic E-state index is -3.28. The summed E-state index contributed by atoms with van der Waals surface area (Å²) >= 11 is 0. The second-order valence-corrected chi connectivity index (χ2v) is 6.84. The van der Waals surface area contributed by atoms with E-state index in [9.17, 15) is 8.42 Å². The first-order valence-electron chi connectivity index (χ1n) is 6.34. The average molecular weight is 263 g/mol. The van der Waals surface area contributed by atoms with Gasteiger partial charge in [-0.15, -0.1) is 0 Å². The minimum absolute atomic E-state index is 0.186. The Hall–Kier alpha value is -0.170. The molecule has 0 spiro atoms. The van der Waals surface area contributed by atoms with Gasteiger partial charge in [0.2, 0.25) is 0 Å². The van der Waals surface area contributed by atoms with E-state index in [1.807, 2.05) is 7.05 Å². The highest BCUT2D eigenvalue weighted by molar-refractivity contribution is 7.86. The van der Waals surface area contributed by atoms with Crippen molar-refractivity contribution in [1.29, 1.82) is 0 Å². The Morgan fingerprint density at radius 1 is 1.18 bits per heavy atom. The molecule has 1 N–H and O–H groups in total. The first kappa shape index (κ1) is 14.9. The molecule has 0 saturated heterocycles. The molecule has 1 saturated carbocycles. The Morgan fingerprint density at radius 3 is 2.29 bits per heavy atom. The van der Waals surface area contributed by atoms with Crippen LogP contribution in [0.15, 0.2) is 0 Å². The van der Waals surface area contributed by atoms with Crippen molar-refractivity contribution in [3.05, 3.63) is 0 Å². The van der Waals surface area contributed by atoms with Gasteiger partial charge in [0, 0.05) is 33.2 Å². The summed E-state index contributed by atoms with van der Waals surface area (Å²) in [5, 5.41) is 2.96. The van der Waals surface area contributed by atoms with Crippen molar-refractivity contribution < 1.29 is 8.42 Å². The predicted octanol–water partition coefficient (Wildman–Crippen LogP) is 0.647. The number of hydrogen-bond donors (Lipinski definition) is 1. The van der Waals surface area contributed by atoms with Crippen LogP contribution in [0.5, 0.6) is 0 Å². The van der Waals surface area contributed by atoms with E-state index >= 15 is 0 Å². The molecule has 17 heavy (non-hydrogen) atoms. The molecule has 0 atom stereocenters. The van der Waals surface area contributed by atoms with Crippen LogP contribution >= 0.6 is 0 Å². The molecule has 1 rings (SSSR count). The van der Waals surface area contributed by atoms with Gasteiger partial charge in [0.15, 0.2) is 0 Å². The Bertz CT molecular complexity index is 313. The van der Waals surface area contributed by atoms with Crippen molar-refractivity contribution >= 4 is 10.2 Å². The largest absolute Gasteiger partial charge is 0.318 e.